The maximum Gasteiger partial charge on any atom is 0.295 e. The Bertz CT molecular complexity index is 1150. The number of hydrogen-bond acceptors (Lipinski definition) is 4. The van der Waals surface area contributed by atoms with Crippen molar-refractivity contribution in [1.82, 2.24) is 9.36 Å². The van der Waals surface area contributed by atoms with Gasteiger partial charge in [0.2, 0.25) is 5.91 Å². The van der Waals surface area contributed by atoms with Gasteiger partial charge in [-0.3, -0.25) is 19.1 Å². The molecule has 0 aliphatic carbocycles. The van der Waals surface area contributed by atoms with Gasteiger partial charge < -0.3 is 10.6 Å². The first kappa shape index (κ1) is 22.4. The van der Waals surface area contributed by atoms with Gasteiger partial charge in [0, 0.05) is 18.3 Å². The van der Waals surface area contributed by atoms with E-state index in [0.29, 0.717) is 33.6 Å². The Kier molecular flexibility index (Phi) is 7.02. The number of rotatable bonds is 7. The highest BCUT2D eigenvalue weighted by atomic mass is 32.2. The minimum atomic E-state index is -0.418. The van der Waals surface area contributed by atoms with E-state index in [-0.39, 0.29) is 17.2 Å². The fourth-order valence-electron chi connectivity index (χ4n) is 3.08. The highest BCUT2D eigenvalue weighted by molar-refractivity contribution is 8.00. The molecule has 162 valence electrons. The van der Waals surface area contributed by atoms with Crippen molar-refractivity contribution in [3.05, 3.63) is 76.2 Å². The molecule has 0 aliphatic rings. The van der Waals surface area contributed by atoms with Crippen molar-refractivity contribution < 1.29 is 9.59 Å². The van der Waals surface area contributed by atoms with E-state index in [4.69, 9.17) is 0 Å². The number of para-hydroxylation sites is 1. The summed E-state index contributed by atoms with van der Waals surface area (Å²) in [6.45, 7) is 5.83. The molecule has 2 amide bonds. The van der Waals surface area contributed by atoms with E-state index in [9.17, 15) is 14.4 Å². The van der Waals surface area contributed by atoms with Crippen molar-refractivity contribution in [3.8, 4) is 5.69 Å². The molecule has 0 aliphatic heterocycles. The summed E-state index contributed by atoms with van der Waals surface area (Å²) in [5, 5.41) is 5.90. The average Bonchev–Trinajstić information content (AvgIpc) is 2.96. The van der Waals surface area contributed by atoms with Crippen LogP contribution < -0.4 is 16.2 Å². The van der Waals surface area contributed by atoms with Crippen molar-refractivity contribution in [2.75, 3.05) is 16.4 Å². The third-order valence-corrected chi connectivity index (χ3v) is 5.84. The highest BCUT2D eigenvalue weighted by Crippen LogP contribution is 2.17. The van der Waals surface area contributed by atoms with E-state index in [0.717, 1.165) is 0 Å². The zero-order valence-corrected chi connectivity index (χ0v) is 18.8. The molecular formula is C23H26N4O3S. The molecule has 3 rings (SSSR count). The second-order valence-corrected chi connectivity index (χ2v) is 8.94. The molecular weight excluding hydrogens is 412 g/mol. The van der Waals surface area contributed by atoms with Crippen LogP contribution in [-0.4, -0.2) is 32.2 Å². The van der Waals surface area contributed by atoms with Crippen molar-refractivity contribution >= 4 is 35.0 Å². The summed E-state index contributed by atoms with van der Waals surface area (Å²) in [5.74, 6) is -0.198. The van der Waals surface area contributed by atoms with E-state index >= 15 is 0 Å². The summed E-state index contributed by atoms with van der Waals surface area (Å²) in [7, 11) is 1.77. The van der Waals surface area contributed by atoms with Crippen molar-refractivity contribution in [1.29, 1.82) is 0 Å². The first-order valence-corrected chi connectivity index (χ1v) is 11.0. The van der Waals surface area contributed by atoms with Gasteiger partial charge in [0.1, 0.15) is 5.69 Å². The quantitative estimate of drug-likeness (QED) is 0.587. The summed E-state index contributed by atoms with van der Waals surface area (Å²) in [4.78, 5) is 37.9. The van der Waals surface area contributed by atoms with Crippen LogP contribution in [0, 0.1) is 6.92 Å². The second-order valence-electron chi connectivity index (χ2n) is 7.38. The third-order valence-electron chi connectivity index (χ3n) is 4.75. The van der Waals surface area contributed by atoms with Gasteiger partial charge in [-0.05, 0) is 42.5 Å². The zero-order chi connectivity index (χ0) is 22.5. The summed E-state index contributed by atoms with van der Waals surface area (Å²) in [5.41, 5.74) is 2.14. The SMILES string of the molecule is Cc1c(NC(=O)c2cccc(NC(=O)CSC(C)C)c2)c(=O)n(-c2ccccc2)n1C. The minimum Gasteiger partial charge on any atom is -0.325 e. The number of carbonyl (C=O) groups excluding carboxylic acids is 2. The van der Waals surface area contributed by atoms with Gasteiger partial charge in [0.15, 0.2) is 0 Å². The number of anilines is 2. The van der Waals surface area contributed by atoms with E-state index < -0.39 is 5.91 Å². The van der Waals surface area contributed by atoms with E-state index in [1.807, 2.05) is 44.2 Å². The Hall–Kier alpha value is -3.26. The number of hydrogen-bond donors (Lipinski definition) is 2. The Balaban J connectivity index is 1.80. The number of benzene rings is 2. The molecule has 31 heavy (non-hydrogen) atoms. The Morgan fingerprint density at radius 3 is 2.42 bits per heavy atom. The smallest absolute Gasteiger partial charge is 0.295 e. The molecule has 0 atom stereocenters. The van der Waals surface area contributed by atoms with Crippen molar-refractivity contribution in [3.63, 3.8) is 0 Å². The number of thioether (sulfide) groups is 1. The molecule has 0 saturated carbocycles. The Labute approximate surface area is 185 Å². The topological polar surface area (TPSA) is 85.1 Å². The molecule has 2 N–H and O–H groups in total. The summed E-state index contributed by atoms with van der Waals surface area (Å²) in [6.07, 6.45) is 0. The molecule has 1 heterocycles. The van der Waals surface area contributed by atoms with Crippen LogP contribution in [0.15, 0.2) is 59.4 Å². The van der Waals surface area contributed by atoms with E-state index in [2.05, 4.69) is 10.6 Å². The van der Waals surface area contributed by atoms with Crippen LogP contribution in [0.1, 0.15) is 29.9 Å². The minimum absolute atomic E-state index is 0.124. The molecule has 1 aromatic heterocycles. The Morgan fingerprint density at radius 2 is 1.74 bits per heavy atom. The number of amides is 2. The largest absolute Gasteiger partial charge is 0.325 e. The fraction of sp³-hybridized carbons (Fsp3) is 0.261. The van der Waals surface area contributed by atoms with Crippen molar-refractivity contribution in [2.45, 2.75) is 26.0 Å². The molecule has 0 bridgehead atoms. The van der Waals surface area contributed by atoms with Crippen LogP contribution >= 0.6 is 11.8 Å². The monoisotopic (exact) mass is 438 g/mol. The molecule has 0 spiro atoms. The van der Waals surface area contributed by atoms with Crippen LogP contribution in [0.2, 0.25) is 0 Å². The van der Waals surface area contributed by atoms with Crippen LogP contribution in [0.4, 0.5) is 11.4 Å². The number of carbonyl (C=O) groups is 2. The number of nitrogens with one attached hydrogen (secondary N) is 2. The molecule has 3 aromatic rings. The van der Waals surface area contributed by atoms with Gasteiger partial charge in [-0.15, -0.1) is 11.8 Å². The standard InChI is InChI=1S/C23H26N4O3S/c1-15(2)31-14-20(28)24-18-10-8-9-17(13-18)22(29)25-21-16(3)26(4)27(23(21)30)19-11-6-5-7-12-19/h5-13,15H,14H2,1-4H3,(H,24,28)(H,25,29). The summed E-state index contributed by atoms with van der Waals surface area (Å²) in [6, 6.07) is 15.9. The van der Waals surface area contributed by atoms with Gasteiger partial charge in [0.25, 0.3) is 11.5 Å². The third kappa shape index (κ3) is 5.27. The fourth-order valence-corrected chi connectivity index (χ4v) is 3.63. The summed E-state index contributed by atoms with van der Waals surface area (Å²) >= 11 is 1.55. The lowest BCUT2D eigenvalue weighted by Gasteiger charge is -2.09. The van der Waals surface area contributed by atoms with Gasteiger partial charge in [0.05, 0.1) is 17.1 Å². The maximum absolute atomic E-state index is 13.0. The van der Waals surface area contributed by atoms with Crippen molar-refractivity contribution in [2.24, 2.45) is 7.05 Å². The second kappa shape index (κ2) is 9.70. The first-order chi connectivity index (χ1) is 14.8. The van der Waals surface area contributed by atoms with Crippen LogP contribution in [0.3, 0.4) is 0 Å². The lowest BCUT2D eigenvalue weighted by atomic mass is 10.2. The summed E-state index contributed by atoms with van der Waals surface area (Å²) < 4.78 is 3.21. The predicted molar refractivity (Wildman–Crippen MR) is 126 cm³/mol. The molecule has 0 saturated heterocycles. The highest BCUT2D eigenvalue weighted by Gasteiger charge is 2.19. The van der Waals surface area contributed by atoms with Crippen LogP contribution in [-0.2, 0) is 11.8 Å². The Morgan fingerprint density at radius 1 is 1.03 bits per heavy atom. The number of aromatic nitrogens is 2. The van der Waals surface area contributed by atoms with Crippen LogP contribution in [0.25, 0.3) is 5.69 Å². The van der Waals surface area contributed by atoms with E-state index in [1.165, 1.54) is 4.68 Å². The van der Waals surface area contributed by atoms with E-state index in [1.54, 1.807) is 54.7 Å². The average molecular weight is 439 g/mol. The van der Waals surface area contributed by atoms with Gasteiger partial charge in [-0.1, -0.05) is 38.1 Å². The predicted octanol–water partition coefficient (Wildman–Crippen LogP) is 3.82. The van der Waals surface area contributed by atoms with Gasteiger partial charge in [-0.25, -0.2) is 4.68 Å². The van der Waals surface area contributed by atoms with Gasteiger partial charge in [-0.2, -0.15) is 0 Å². The van der Waals surface area contributed by atoms with Gasteiger partial charge >= 0.3 is 0 Å². The molecule has 7 nitrogen and oxygen atoms in total. The first-order valence-electron chi connectivity index (χ1n) is 9.95. The maximum atomic E-state index is 13.0. The zero-order valence-electron chi connectivity index (χ0n) is 18.0. The lowest BCUT2D eigenvalue weighted by molar-refractivity contribution is -0.113. The molecule has 0 unspecified atom stereocenters. The number of nitrogens with zero attached hydrogens (tertiary/aromatic N) is 2. The normalized spacial score (nSPS) is 10.9. The lowest BCUT2D eigenvalue weighted by Crippen LogP contribution is -2.23. The van der Waals surface area contributed by atoms with Crippen LogP contribution in [0.5, 0.6) is 0 Å². The molecule has 0 fully saturated rings. The molecule has 2 aromatic carbocycles. The molecule has 0 radical (unpaired) electrons. The molecule has 8 heteroatoms.